The summed E-state index contributed by atoms with van der Waals surface area (Å²) in [6, 6.07) is 9.34. The summed E-state index contributed by atoms with van der Waals surface area (Å²) in [7, 11) is 0. The lowest BCUT2D eigenvalue weighted by molar-refractivity contribution is 0.182. The number of nitrogens with two attached hydrogens (primary N) is 1. The van der Waals surface area contributed by atoms with Crippen LogP contribution in [0.15, 0.2) is 24.3 Å². The quantitative estimate of drug-likeness (QED) is 0.904. The fraction of sp³-hybridized carbons (Fsp3) is 0.600. The summed E-state index contributed by atoms with van der Waals surface area (Å²) in [5.41, 5.74) is 7.14. The second-order valence-corrected chi connectivity index (χ2v) is 5.80. The number of halogens is 1. The van der Waals surface area contributed by atoms with E-state index in [-0.39, 0.29) is 0 Å². The van der Waals surface area contributed by atoms with Crippen LogP contribution in [0.1, 0.15) is 38.3 Å². The predicted molar refractivity (Wildman–Crippen MR) is 77.8 cm³/mol. The molecule has 0 aromatic heterocycles. The highest BCUT2D eigenvalue weighted by Gasteiger charge is 2.32. The van der Waals surface area contributed by atoms with Gasteiger partial charge in [0.15, 0.2) is 0 Å². The van der Waals surface area contributed by atoms with Gasteiger partial charge in [-0.05, 0) is 49.9 Å². The number of rotatable bonds is 4. The van der Waals surface area contributed by atoms with Crippen LogP contribution in [0.2, 0.25) is 5.02 Å². The second kappa shape index (κ2) is 6.05. The number of hydrogen-bond donors (Lipinski definition) is 1. The van der Waals surface area contributed by atoms with E-state index in [0.717, 1.165) is 24.5 Å². The van der Waals surface area contributed by atoms with Crippen molar-refractivity contribution in [2.75, 3.05) is 13.1 Å². The van der Waals surface area contributed by atoms with Gasteiger partial charge in [0.25, 0.3) is 0 Å². The third kappa shape index (κ3) is 2.87. The summed E-state index contributed by atoms with van der Waals surface area (Å²) in [6.45, 7) is 6.46. The SMILES string of the molecule is CCC(c1cccc(Cl)c1)N1CC(CN)CC1C. The summed E-state index contributed by atoms with van der Waals surface area (Å²) in [5.74, 6) is 0.647. The van der Waals surface area contributed by atoms with Crippen LogP contribution < -0.4 is 5.73 Å². The molecule has 2 nitrogen and oxygen atoms in total. The first-order valence-electron chi connectivity index (χ1n) is 6.87. The smallest absolute Gasteiger partial charge is 0.0409 e. The molecule has 0 aliphatic carbocycles. The molecule has 1 aliphatic heterocycles. The second-order valence-electron chi connectivity index (χ2n) is 5.36. The molecule has 0 spiro atoms. The summed E-state index contributed by atoms with van der Waals surface area (Å²) in [4.78, 5) is 2.59. The topological polar surface area (TPSA) is 29.3 Å². The Balaban J connectivity index is 2.18. The molecular formula is C15H23ClN2. The molecular weight excluding hydrogens is 244 g/mol. The van der Waals surface area contributed by atoms with E-state index in [2.05, 4.69) is 30.9 Å². The van der Waals surface area contributed by atoms with Gasteiger partial charge in [0.2, 0.25) is 0 Å². The highest BCUT2D eigenvalue weighted by Crippen LogP contribution is 2.34. The van der Waals surface area contributed by atoms with Crippen LogP contribution in [0.25, 0.3) is 0 Å². The van der Waals surface area contributed by atoms with E-state index in [0.29, 0.717) is 18.0 Å². The van der Waals surface area contributed by atoms with Gasteiger partial charge < -0.3 is 5.73 Å². The van der Waals surface area contributed by atoms with E-state index in [1.54, 1.807) is 0 Å². The van der Waals surface area contributed by atoms with Crippen LogP contribution in [0, 0.1) is 5.92 Å². The van der Waals surface area contributed by atoms with Gasteiger partial charge >= 0.3 is 0 Å². The van der Waals surface area contributed by atoms with Crippen molar-refractivity contribution >= 4 is 11.6 Å². The first-order chi connectivity index (χ1) is 8.65. The lowest BCUT2D eigenvalue weighted by Crippen LogP contribution is -2.32. The number of hydrogen-bond acceptors (Lipinski definition) is 2. The zero-order valence-corrected chi connectivity index (χ0v) is 12.0. The average molecular weight is 267 g/mol. The Morgan fingerprint density at radius 1 is 1.50 bits per heavy atom. The van der Waals surface area contributed by atoms with Crippen molar-refractivity contribution in [3.05, 3.63) is 34.9 Å². The molecule has 1 heterocycles. The Hall–Kier alpha value is -0.570. The molecule has 0 bridgehead atoms. The Kier molecular flexibility index (Phi) is 4.66. The zero-order valence-electron chi connectivity index (χ0n) is 11.3. The highest BCUT2D eigenvalue weighted by molar-refractivity contribution is 6.30. The third-order valence-corrected chi connectivity index (χ3v) is 4.30. The van der Waals surface area contributed by atoms with Gasteiger partial charge in [0.1, 0.15) is 0 Å². The molecule has 1 aromatic rings. The van der Waals surface area contributed by atoms with E-state index in [1.165, 1.54) is 12.0 Å². The highest BCUT2D eigenvalue weighted by atomic mass is 35.5. The fourth-order valence-electron chi connectivity index (χ4n) is 3.15. The minimum absolute atomic E-state index is 0.468. The Morgan fingerprint density at radius 2 is 2.28 bits per heavy atom. The average Bonchev–Trinajstić information content (AvgIpc) is 2.72. The molecule has 2 N–H and O–H groups in total. The summed E-state index contributed by atoms with van der Waals surface area (Å²) >= 11 is 6.11. The monoisotopic (exact) mass is 266 g/mol. The number of benzene rings is 1. The van der Waals surface area contributed by atoms with E-state index in [9.17, 15) is 0 Å². The molecule has 1 aromatic carbocycles. The standard InChI is InChI=1S/C15H23ClN2/c1-3-15(13-5-4-6-14(16)8-13)18-10-12(9-17)7-11(18)2/h4-6,8,11-12,15H,3,7,9-10,17H2,1-2H3. The number of likely N-dealkylation sites (tertiary alicyclic amines) is 1. The van der Waals surface area contributed by atoms with Crippen LogP contribution in [0.5, 0.6) is 0 Å². The van der Waals surface area contributed by atoms with Gasteiger partial charge in [0.05, 0.1) is 0 Å². The van der Waals surface area contributed by atoms with Crippen molar-refractivity contribution in [3.63, 3.8) is 0 Å². The molecule has 0 saturated carbocycles. The Bertz CT molecular complexity index is 394. The van der Waals surface area contributed by atoms with Crippen LogP contribution in [-0.2, 0) is 0 Å². The van der Waals surface area contributed by atoms with Gasteiger partial charge in [-0.2, -0.15) is 0 Å². The molecule has 3 unspecified atom stereocenters. The van der Waals surface area contributed by atoms with Crippen LogP contribution in [0.3, 0.4) is 0 Å². The summed E-state index contributed by atoms with van der Waals surface area (Å²) in [6.07, 6.45) is 2.33. The lowest BCUT2D eigenvalue weighted by atomic mass is 10.0. The molecule has 2 rings (SSSR count). The fourth-order valence-corrected chi connectivity index (χ4v) is 3.35. The molecule has 1 saturated heterocycles. The van der Waals surface area contributed by atoms with Gasteiger partial charge in [-0.1, -0.05) is 30.7 Å². The van der Waals surface area contributed by atoms with E-state index in [4.69, 9.17) is 17.3 Å². The van der Waals surface area contributed by atoms with E-state index in [1.807, 2.05) is 12.1 Å². The van der Waals surface area contributed by atoms with Crippen molar-refractivity contribution in [3.8, 4) is 0 Å². The van der Waals surface area contributed by atoms with Gasteiger partial charge in [-0.3, -0.25) is 4.90 Å². The zero-order chi connectivity index (χ0) is 13.1. The predicted octanol–water partition coefficient (Wildman–Crippen LogP) is 3.46. The van der Waals surface area contributed by atoms with Crippen molar-refractivity contribution in [2.45, 2.75) is 38.8 Å². The molecule has 3 atom stereocenters. The molecule has 1 fully saturated rings. The minimum Gasteiger partial charge on any atom is -0.330 e. The van der Waals surface area contributed by atoms with Gasteiger partial charge in [0, 0.05) is 23.7 Å². The van der Waals surface area contributed by atoms with Crippen molar-refractivity contribution in [1.82, 2.24) is 4.90 Å². The maximum Gasteiger partial charge on any atom is 0.0409 e. The maximum atomic E-state index is 6.11. The third-order valence-electron chi connectivity index (χ3n) is 4.06. The Morgan fingerprint density at radius 3 is 2.83 bits per heavy atom. The summed E-state index contributed by atoms with van der Waals surface area (Å²) < 4.78 is 0. The van der Waals surface area contributed by atoms with Crippen molar-refractivity contribution in [2.24, 2.45) is 11.7 Å². The molecule has 18 heavy (non-hydrogen) atoms. The van der Waals surface area contributed by atoms with Crippen LogP contribution >= 0.6 is 11.6 Å². The lowest BCUT2D eigenvalue weighted by Gasteiger charge is -2.31. The molecule has 0 radical (unpaired) electrons. The van der Waals surface area contributed by atoms with Crippen molar-refractivity contribution < 1.29 is 0 Å². The molecule has 100 valence electrons. The molecule has 1 aliphatic rings. The molecule has 0 amide bonds. The first-order valence-corrected chi connectivity index (χ1v) is 7.24. The van der Waals surface area contributed by atoms with Gasteiger partial charge in [-0.25, -0.2) is 0 Å². The minimum atomic E-state index is 0.468. The Labute approximate surface area is 115 Å². The van der Waals surface area contributed by atoms with E-state index >= 15 is 0 Å². The maximum absolute atomic E-state index is 6.11. The largest absolute Gasteiger partial charge is 0.330 e. The van der Waals surface area contributed by atoms with Crippen molar-refractivity contribution in [1.29, 1.82) is 0 Å². The first kappa shape index (κ1) is 13.9. The van der Waals surface area contributed by atoms with Gasteiger partial charge in [-0.15, -0.1) is 0 Å². The van der Waals surface area contributed by atoms with E-state index < -0.39 is 0 Å². The normalized spacial score (nSPS) is 26.4. The number of nitrogens with zero attached hydrogens (tertiary/aromatic N) is 1. The summed E-state index contributed by atoms with van der Waals surface area (Å²) in [5, 5.41) is 0.827. The van der Waals surface area contributed by atoms with Crippen LogP contribution in [0.4, 0.5) is 0 Å². The molecule has 3 heteroatoms. The van der Waals surface area contributed by atoms with Crippen LogP contribution in [-0.4, -0.2) is 24.0 Å².